The Hall–Kier alpha value is -0.0400. The lowest BCUT2D eigenvalue weighted by atomic mass is 9.69. The van der Waals surface area contributed by atoms with Crippen molar-refractivity contribution >= 4 is 0 Å². The van der Waals surface area contributed by atoms with Crippen molar-refractivity contribution in [2.24, 2.45) is 28.9 Å². The molecule has 0 aliphatic heterocycles. The molecule has 0 radical (unpaired) electrons. The highest BCUT2D eigenvalue weighted by Crippen LogP contribution is 2.37. The summed E-state index contributed by atoms with van der Waals surface area (Å²) in [4.78, 5) is 0. The summed E-state index contributed by atoms with van der Waals surface area (Å²) in [7, 11) is 0. The van der Waals surface area contributed by atoms with Crippen LogP contribution >= 0.6 is 0 Å². The van der Waals surface area contributed by atoms with E-state index in [0.29, 0.717) is 11.3 Å². The van der Waals surface area contributed by atoms with Crippen molar-refractivity contribution in [1.29, 1.82) is 0 Å². The van der Waals surface area contributed by atoms with Gasteiger partial charge >= 0.3 is 0 Å². The van der Waals surface area contributed by atoms with E-state index in [-0.39, 0.29) is 0 Å². The molecule has 0 aromatic carbocycles. The van der Waals surface area contributed by atoms with E-state index in [2.05, 4.69) is 41.5 Å². The SMILES string of the molecule is CCC(CN)C(CC(C)C)C(C)(C)C. The number of nitrogens with two attached hydrogens (primary N) is 1. The molecule has 1 nitrogen and oxygen atoms in total. The Morgan fingerprint density at radius 2 is 1.64 bits per heavy atom. The fourth-order valence-corrected chi connectivity index (χ4v) is 2.38. The van der Waals surface area contributed by atoms with E-state index in [1.54, 1.807) is 0 Å². The van der Waals surface area contributed by atoms with Crippen LogP contribution in [0.3, 0.4) is 0 Å². The Labute approximate surface area is 90.5 Å². The van der Waals surface area contributed by atoms with Gasteiger partial charge in [0.1, 0.15) is 0 Å². The van der Waals surface area contributed by atoms with Gasteiger partial charge in [-0.1, -0.05) is 48.0 Å². The number of rotatable bonds is 5. The zero-order chi connectivity index (χ0) is 11.4. The molecule has 0 bridgehead atoms. The minimum Gasteiger partial charge on any atom is -0.330 e. The van der Waals surface area contributed by atoms with Crippen LogP contribution in [0.25, 0.3) is 0 Å². The van der Waals surface area contributed by atoms with Crippen molar-refractivity contribution in [3.8, 4) is 0 Å². The average Bonchev–Trinajstić information content (AvgIpc) is 2.02. The topological polar surface area (TPSA) is 26.0 Å². The van der Waals surface area contributed by atoms with E-state index in [0.717, 1.165) is 18.4 Å². The van der Waals surface area contributed by atoms with Crippen molar-refractivity contribution in [1.82, 2.24) is 0 Å². The minimum atomic E-state index is 0.393. The maximum atomic E-state index is 5.86. The first-order chi connectivity index (χ1) is 6.32. The molecule has 2 unspecified atom stereocenters. The lowest BCUT2D eigenvalue weighted by Crippen LogP contribution is -2.33. The van der Waals surface area contributed by atoms with Gasteiger partial charge in [0.25, 0.3) is 0 Å². The highest BCUT2D eigenvalue weighted by molar-refractivity contribution is 4.81. The van der Waals surface area contributed by atoms with E-state index >= 15 is 0 Å². The summed E-state index contributed by atoms with van der Waals surface area (Å²) in [5.41, 5.74) is 6.25. The van der Waals surface area contributed by atoms with Gasteiger partial charge in [-0.15, -0.1) is 0 Å². The predicted molar refractivity (Wildman–Crippen MR) is 65.2 cm³/mol. The predicted octanol–water partition coefficient (Wildman–Crippen LogP) is 3.68. The molecule has 1 heteroatoms. The third kappa shape index (κ3) is 4.45. The van der Waals surface area contributed by atoms with Crippen molar-refractivity contribution < 1.29 is 0 Å². The lowest BCUT2D eigenvalue weighted by Gasteiger charge is -2.37. The summed E-state index contributed by atoms with van der Waals surface area (Å²) in [6.45, 7) is 14.8. The molecule has 86 valence electrons. The highest BCUT2D eigenvalue weighted by Gasteiger charge is 2.30. The maximum absolute atomic E-state index is 5.86. The summed E-state index contributed by atoms with van der Waals surface area (Å²) >= 11 is 0. The fraction of sp³-hybridized carbons (Fsp3) is 1.00. The Bertz CT molecular complexity index is 140. The summed E-state index contributed by atoms with van der Waals surface area (Å²) in [6.07, 6.45) is 2.52. The van der Waals surface area contributed by atoms with E-state index in [1.807, 2.05) is 0 Å². The lowest BCUT2D eigenvalue weighted by molar-refractivity contribution is 0.130. The first kappa shape index (κ1) is 14.0. The van der Waals surface area contributed by atoms with Gasteiger partial charge in [-0.2, -0.15) is 0 Å². The Kier molecular flexibility index (Phi) is 5.73. The third-order valence-corrected chi connectivity index (χ3v) is 3.23. The fourth-order valence-electron chi connectivity index (χ4n) is 2.38. The Morgan fingerprint density at radius 3 is 1.86 bits per heavy atom. The van der Waals surface area contributed by atoms with Gasteiger partial charge in [-0.3, -0.25) is 0 Å². The summed E-state index contributed by atoms with van der Waals surface area (Å²) < 4.78 is 0. The van der Waals surface area contributed by atoms with Crippen LogP contribution < -0.4 is 5.73 Å². The summed E-state index contributed by atoms with van der Waals surface area (Å²) in [5.74, 6) is 2.23. The van der Waals surface area contributed by atoms with E-state index in [1.165, 1.54) is 12.8 Å². The molecule has 2 atom stereocenters. The van der Waals surface area contributed by atoms with Crippen LogP contribution in [0.5, 0.6) is 0 Å². The van der Waals surface area contributed by atoms with Gasteiger partial charge in [0, 0.05) is 0 Å². The molecule has 0 spiro atoms. The molecule has 0 amide bonds. The molecule has 0 saturated carbocycles. The van der Waals surface area contributed by atoms with Crippen LogP contribution in [-0.4, -0.2) is 6.54 Å². The largest absolute Gasteiger partial charge is 0.330 e. The van der Waals surface area contributed by atoms with Gasteiger partial charge in [-0.25, -0.2) is 0 Å². The van der Waals surface area contributed by atoms with Gasteiger partial charge in [0.15, 0.2) is 0 Å². The van der Waals surface area contributed by atoms with Gasteiger partial charge < -0.3 is 5.73 Å². The molecule has 0 aliphatic rings. The first-order valence-corrected chi connectivity index (χ1v) is 6.03. The number of hydrogen-bond donors (Lipinski definition) is 1. The van der Waals surface area contributed by atoms with Crippen LogP contribution in [0.15, 0.2) is 0 Å². The second-order valence-corrected chi connectivity index (χ2v) is 6.01. The molecule has 0 aromatic heterocycles. The number of hydrogen-bond acceptors (Lipinski definition) is 1. The molecular formula is C13H29N. The Balaban J connectivity index is 4.53. The van der Waals surface area contributed by atoms with Crippen LogP contribution in [0, 0.1) is 23.2 Å². The van der Waals surface area contributed by atoms with Crippen LogP contribution in [-0.2, 0) is 0 Å². The monoisotopic (exact) mass is 199 g/mol. The minimum absolute atomic E-state index is 0.393. The van der Waals surface area contributed by atoms with Gasteiger partial charge in [0.2, 0.25) is 0 Å². The summed E-state index contributed by atoms with van der Waals surface area (Å²) in [6, 6.07) is 0. The van der Waals surface area contributed by atoms with Crippen molar-refractivity contribution in [3.05, 3.63) is 0 Å². The van der Waals surface area contributed by atoms with E-state index in [9.17, 15) is 0 Å². The van der Waals surface area contributed by atoms with Crippen LogP contribution in [0.4, 0.5) is 0 Å². The second-order valence-electron chi connectivity index (χ2n) is 6.01. The second kappa shape index (κ2) is 5.75. The molecule has 0 fully saturated rings. The molecule has 0 aliphatic carbocycles. The van der Waals surface area contributed by atoms with Crippen molar-refractivity contribution in [2.75, 3.05) is 6.54 Å². The normalized spacial score (nSPS) is 17.1. The van der Waals surface area contributed by atoms with E-state index in [4.69, 9.17) is 5.73 Å². The van der Waals surface area contributed by atoms with E-state index < -0.39 is 0 Å². The van der Waals surface area contributed by atoms with Gasteiger partial charge in [-0.05, 0) is 36.1 Å². The van der Waals surface area contributed by atoms with Crippen molar-refractivity contribution in [2.45, 2.75) is 54.4 Å². The summed E-state index contributed by atoms with van der Waals surface area (Å²) in [5, 5.41) is 0. The first-order valence-electron chi connectivity index (χ1n) is 6.03. The van der Waals surface area contributed by atoms with Crippen LogP contribution in [0.2, 0.25) is 0 Å². The quantitative estimate of drug-likeness (QED) is 0.718. The molecular weight excluding hydrogens is 170 g/mol. The molecule has 0 saturated heterocycles. The molecule has 0 rings (SSSR count). The third-order valence-electron chi connectivity index (χ3n) is 3.23. The highest BCUT2D eigenvalue weighted by atomic mass is 14.6. The molecule has 0 aromatic rings. The standard InChI is InChI=1S/C13H29N/c1-7-11(9-14)12(8-10(2)3)13(4,5)6/h10-12H,7-9,14H2,1-6H3. The van der Waals surface area contributed by atoms with Gasteiger partial charge in [0.05, 0.1) is 0 Å². The molecule has 14 heavy (non-hydrogen) atoms. The Morgan fingerprint density at radius 1 is 1.14 bits per heavy atom. The molecule has 2 N–H and O–H groups in total. The van der Waals surface area contributed by atoms with Crippen LogP contribution in [0.1, 0.15) is 54.4 Å². The zero-order valence-electron chi connectivity index (χ0n) is 10.9. The smallest absolute Gasteiger partial charge is 0.00461 e. The average molecular weight is 199 g/mol. The zero-order valence-corrected chi connectivity index (χ0v) is 10.9. The van der Waals surface area contributed by atoms with Crippen molar-refractivity contribution in [3.63, 3.8) is 0 Å². The molecule has 0 heterocycles. The maximum Gasteiger partial charge on any atom is -0.00461 e.